The van der Waals surface area contributed by atoms with Crippen molar-refractivity contribution in [2.24, 2.45) is 0 Å². The maximum atomic E-state index is 11.9. The fourth-order valence-electron chi connectivity index (χ4n) is 1.62. The standard InChI is InChI=1S/C13H20F3NO2/c1-3-17-8-12-7-11(10(2)19-12)9-18-6-4-5-13(14,15)16/h7,17H,3-6,8-9H2,1-2H3. The van der Waals surface area contributed by atoms with E-state index in [9.17, 15) is 13.2 Å². The van der Waals surface area contributed by atoms with Crippen LogP contribution < -0.4 is 5.32 Å². The third kappa shape index (κ3) is 6.63. The van der Waals surface area contributed by atoms with Crippen molar-refractivity contribution in [2.45, 2.75) is 46.0 Å². The molecule has 1 rings (SSSR count). The second-order valence-corrected chi connectivity index (χ2v) is 4.35. The Morgan fingerprint density at radius 2 is 2.11 bits per heavy atom. The minimum absolute atomic E-state index is 0.00928. The molecule has 0 unspecified atom stereocenters. The van der Waals surface area contributed by atoms with Gasteiger partial charge in [-0.2, -0.15) is 13.2 Å². The van der Waals surface area contributed by atoms with Gasteiger partial charge in [0, 0.05) is 18.6 Å². The molecule has 0 aliphatic carbocycles. The molecule has 0 aromatic carbocycles. The minimum Gasteiger partial charge on any atom is -0.465 e. The SMILES string of the molecule is CCNCc1cc(COCCCC(F)(F)F)c(C)o1. The van der Waals surface area contributed by atoms with Gasteiger partial charge in [0.25, 0.3) is 0 Å². The summed E-state index contributed by atoms with van der Waals surface area (Å²) in [5.74, 6) is 1.57. The van der Waals surface area contributed by atoms with Crippen LogP contribution in [0.2, 0.25) is 0 Å². The largest absolute Gasteiger partial charge is 0.465 e. The topological polar surface area (TPSA) is 34.4 Å². The third-order valence-electron chi connectivity index (χ3n) is 2.63. The molecule has 1 heterocycles. The van der Waals surface area contributed by atoms with Crippen molar-refractivity contribution in [2.75, 3.05) is 13.2 Å². The number of furan rings is 1. The predicted octanol–water partition coefficient (Wildman–Crippen LogP) is 3.56. The summed E-state index contributed by atoms with van der Waals surface area (Å²) in [6.07, 6.45) is -4.92. The molecule has 110 valence electrons. The lowest BCUT2D eigenvalue weighted by Crippen LogP contribution is -2.10. The molecule has 0 radical (unpaired) electrons. The number of ether oxygens (including phenoxy) is 1. The second-order valence-electron chi connectivity index (χ2n) is 4.35. The van der Waals surface area contributed by atoms with Crippen LogP contribution >= 0.6 is 0 Å². The zero-order valence-electron chi connectivity index (χ0n) is 11.3. The molecule has 3 nitrogen and oxygen atoms in total. The average Bonchev–Trinajstić information content (AvgIpc) is 2.66. The lowest BCUT2D eigenvalue weighted by Gasteiger charge is -2.06. The van der Waals surface area contributed by atoms with Crippen LogP contribution in [0.1, 0.15) is 36.8 Å². The summed E-state index contributed by atoms with van der Waals surface area (Å²) in [7, 11) is 0. The van der Waals surface area contributed by atoms with Gasteiger partial charge in [0.2, 0.25) is 0 Å². The van der Waals surface area contributed by atoms with Crippen LogP contribution in [-0.2, 0) is 17.9 Å². The van der Waals surface area contributed by atoms with E-state index in [0.29, 0.717) is 13.2 Å². The van der Waals surface area contributed by atoms with Gasteiger partial charge in [0.15, 0.2) is 0 Å². The summed E-state index contributed by atoms with van der Waals surface area (Å²) < 4.78 is 46.5. The highest BCUT2D eigenvalue weighted by atomic mass is 19.4. The number of halogens is 3. The molecule has 0 saturated carbocycles. The third-order valence-corrected chi connectivity index (χ3v) is 2.63. The Kier molecular flexibility index (Phi) is 6.37. The molecule has 0 saturated heterocycles. The maximum Gasteiger partial charge on any atom is 0.389 e. The van der Waals surface area contributed by atoms with E-state index in [4.69, 9.17) is 9.15 Å². The number of hydrogen-bond donors (Lipinski definition) is 1. The van der Waals surface area contributed by atoms with Crippen molar-refractivity contribution >= 4 is 0 Å². The van der Waals surface area contributed by atoms with Gasteiger partial charge in [-0.25, -0.2) is 0 Å². The van der Waals surface area contributed by atoms with E-state index >= 15 is 0 Å². The van der Waals surface area contributed by atoms with Crippen molar-refractivity contribution < 1.29 is 22.3 Å². The molecular weight excluding hydrogens is 259 g/mol. The fourth-order valence-corrected chi connectivity index (χ4v) is 1.62. The summed E-state index contributed by atoms with van der Waals surface area (Å²) in [5.41, 5.74) is 0.889. The molecule has 0 aliphatic heterocycles. The van der Waals surface area contributed by atoms with Crippen molar-refractivity contribution in [3.63, 3.8) is 0 Å². The first-order valence-electron chi connectivity index (χ1n) is 6.35. The maximum absolute atomic E-state index is 11.9. The highest BCUT2D eigenvalue weighted by Crippen LogP contribution is 2.21. The van der Waals surface area contributed by atoms with Crippen molar-refractivity contribution in [1.82, 2.24) is 5.32 Å². The molecule has 19 heavy (non-hydrogen) atoms. The highest BCUT2D eigenvalue weighted by molar-refractivity contribution is 5.19. The van der Waals surface area contributed by atoms with Crippen LogP contribution in [0.15, 0.2) is 10.5 Å². The van der Waals surface area contributed by atoms with E-state index < -0.39 is 12.6 Å². The summed E-state index contributed by atoms with van der Waals surface area (Å²) in [5, 5.41) is 3.14. The van der Waals surface area contributed by atoms with E-state index in [1.54, 1.807) is 0 Å². The van der Waals surface area contributed by atoms with Gasteiger partial charge in [0.1, 0.15) is 11.5 Å². The van der Waals surface area contributed by atoms with Crippen LogP contribution in [0.4, 0.5) is 13.2 Å². The summed E-state index contributed by atoms with van der Waals surface area (Å²) >= 11 is 0. The Labute approximate surface area is 111 Å². The van der Waals surface area contributed by atoms with Gasteiger partial charge in [-0.3, -0.25) is 0 Å². The Morgan fingerprint density at radius 3 is 2.74 bits per heavy atom. The first kappa shape index (κ1) is 16.0. The van der Waals surface area contributed by atoms with Crippen LogP contribution in [-0.4, -0.2) is 19.3 Å². The van der Waals surface area contributed by atoms with Crippen molar-refractivity contribution in [3.05, 3.63) is 23.2 Å². The Bertz CT molecular complexity index is 374. The van der Waals surface area contributed by atoms with Crippen LogP contribution in [0.25, 0.3) is 0 Å². The first-order chi connectivity index (χ1) is 8.92. The lowest BCUT2D eigenvalue weighted by molar-refractivity contribution is -0.138. The minimum atomic E-state index is -4.10. The number of hydrogen-bond acceptors (Lipinski definition) is 3. The van der Waals surface area contributed by atoms with E-state index in [1.807, 2.05) is 19.9 Å². The number of nitrogens with one attached hydrogen (secondary N) is 1. The Balaban J connectivity index is 2.27. The monoisotopic (exact) mass is 279 g/mol. The summed E-state index contributed by atoms with van der Waals surface area (Å²) in [4.78, 5) is 0. The molecule has 0 fully saturated rings. The molecule has 6 heteroatoms. The lowest BCUT2D eigenvalue weighted by atomic mass is 10.2. The van der Waals surface area contributed by atoms with Gasteiger partial charge >= 0.3 is 6.18 Å². The molecule has 0 atom stereocenters. The molecule has 1 aromatic heterocycles. The van der Waals surface area contributed by atoms with Crippen LogP contribution in [0, 0.1) is 6.92 Å². The van der Waals surface area contributed by atoms with Gasteiger partial charge in [-0.1, -0.05) is 6.92 Å². The molecule has 0 aliphatic rings. The van der Waals surface area contributed by atoms with E-state index in [-0.39, 0.29) is 13.0 Å². The van der Waals surface area contributed by atoms with Gasteiger partial charge < -0.3 is 14.5 Å². The predicted molar refractivity (Wildman–Crippen MR) is 65.8 cm³/mol. The number of rotatable bonds is 8. The van der Waals surface area contributed by atoms with E-state index in [2.05, 4.69) is 5.32 Å². The smallest absolute Gasteiger partial charge is 0.389 e. The van der Waals surface area contributed by atoms with Crippen LogP contribution in [0.3, 0.4) is 0 Å². The van der Waals surface area contributed by atoms with Gasteiger partial charge in [-0.15, -0.1) is 0 Å². The first-order valence-corrected chi connectivity index (χ1v) is 6.35. The van der Waals surface area contributed by atoms with Crippen molar-refractivity contribution in [1.29, 1.82) is 0 Å². The molecule has 1 N–H and O–H groups in total. The average molecular weight is 279 g/mol. The quantitative estimate of drug-likeness (QED) is 0.739. The molecule has 1 aromatic rings. The zero-order chi connectivity index (χ0) is 14.3. The summed E-state index contributed by atoms with van der Waals surface area (Å²) in [6, 6.07) is 1.88. The van der Waals surface area contributed by atoms with Crippen molar-refractivity contribution in [3.8, 4) is 0 Å². The van der Waals surface area contributed by atoms with E-state index in [1.165, 1.54) is 0 Å². The van der Waals surface area contributed by atoms with Crippen LogP contribution in [0.5, 0.6) is 0 Å². The fraction of sp³-hybridized carbons (Fsp3) is 0.692. The highest BCUT2D eigenvalue weighted by Gasteiger charge is 2.25. The molecule has 0 bridgehead atoms. The summed E-state index contributed by atoms with van der Waals surface area (Å²) in [6.45, 7) is 5.71. The molecular formula is C13H20F3NO2. The Morgan fingerprint density at radius 1 is 1.37 bits per heavy atom. The van der Waals surface area contributed by atoms with Gasteiger partial charge in [0.05, 0.1) is 13.2 Å². The Hall–Kier alpha value is -1.01. The number of aryl methyl sites for hydroxylation is 1. The molecule has 0 spiro atoms. The molecule has 0 amide bonds. The number of alkyl halides is 3. The second kappa shape index (κ2) is 7.55. The normalized spacial score (nSPS) is 12.1. The van der Waals surface area contributed by atoms with Gasteiger partial charge in [-0.05, 0) is 26.0 Å². The zero-order valence-corrected chi connectivity index (χ0v) is 11.3. The van der Waals surface area contributed by atoms with E-state index in [0.717, 1.165) is 23.6 Å².